The second-order valence-corrected chi connectivity index (χ2v) is 5.83. The summed E-state index contributed by atoms with van der Waals surface area (Å²) in [5.74, 6) is 0. The molecule has 2 heteroatoms. The number of hydrogen-bond donors (Lipinski definition) is 1. The standard InChI is InChI=1S/C15H19NS/c1-10-6-5-7-13(8-10)14(16-4)15-11(2)9-12(3)17-15/h5-9,14,16H,1-4H3. The fraction of sp³-hybridized carbons (Fsp3) is 0.333. The van der Waals surface area contributed by atoms with Crippen molar-refractivity contribution in [2.45, 2.75) is 26.8 Å². The summed E-state index contributed by atoms with van der Waals surface area (Å²) < 4.78 is 0. The summed E-state index contributed by atoms with van der Waals surface area (Å²) in [6, 6.07) is 11.3. The van der Waals surface area contributed by atoms with Crippen molar-refractivity contribution in [2.75, 3.05) is 7.05 Å². The average molecular weight is 245 g/mol. The summed E-state index contributed by atoms with van der Waals surface area (Å²) in [7, 11) is 2.03. The van der Waals surface area contributed by atoms with E-state index in [0.717, 1.165) is 0 Å². The van der Waals surface area contributed by atoms with Crippen molar-refractivity contribution in [3.05, 3.63) is 56.8 Å². The number of benzene rings is 1. The maximum Gasteiger partial charge on any atom is 0.0671 e. The molecule has 0 spiro atoms. The van der Waals surface area contributed by atoms with Gasteiger partial charge in [-0.15, -0.1) is 11.3 Å². The lowest BCUT2D eigenvalue weighted by Crippen LogP contribution is -2.17. The molecule has 0 amide bonds. The Kier molecular flexibility index (Phi) is 3.65. The highest BCUT2D eigenvalue weighted by molar-refractivity contribution is 7.12. The van der Waals surface area contributed by atoms with Crippen molar-refractivity contribution in [3.63, 3.8) is 0 Å². The van der Waals surface area contributed by atoms with Crippen LogP contribution in [0.25, 0.3) is 0 Å². The largest absolute Gasteiger partial charge is 0.309 e. The summed E-state index contributed by atoms with van der Waals surface area (Å²) in [5.41, 5.74) is 4.04. The smallest absolute Gasteiger partial charge is 0.0671 e. The van der Waals surface area contributed by atoms with Crippen molar-refractivity contribution >= 4 is 11.3 Å². The maximum absolute atomic E-state index is 3.43. The van der Waals surface area contributed by atoms with Gasteiger partial charge in [0, 0.05) is 9.75 Å². The Balaban J connectivity index is 2.43. The van der Waals surface area contributed by atoms with Gasteiger partial charge in [0.2, 0.25) is 0 Å². The first kappa shape index (κ1) is 12.3. The van der Waals surface area contributed by atoms with Gasteiger partial charge in [-0.05, 0) is 45.0 Å². The van der Waals surface area contributed by atoms with E-state index in [-0.39, 0.29) is 0 Å². The minimum absolute atomic E-state index is 0.314. The number of hydrogen-bond acceptors (Lipinski definition) is 2. The Hall–Kier alpha value is -1.12. The molecule has 1 nitrogen and oxygen atoms in total. The summed E-state index contributed by atoms with van der Waals surface area (Å²) in [4.78, 5) is 2.81. The molecule has 0 fully saturated rings. The van der Waals surface area contributed by atoms with Gasteiger partial charge in [0.05, 0.1) is 6.04 Å². The molecule has 0 aliphatic carbocycles. The number of thiophene rings is 1. The topological polar surface area (TPSA) is 12.0 Å². The lowest BCUT2D eigenvalue weighted by atomic mass is 10.0. The lowest BCUT2D eigenvalue weighted by Gasteiger charge is -2.17. The molecule has 0 aliphatic rings. The predicted molar refractivity (Wildman–Crippen MR) is 75.9 cm³/mol. The van der Waals surface area contributed by atoms with Crippen LogP contribution in [0.3, 0.4) is 0 Å². The highest BCUT2D eigenvalue weighted by Crippen LogP contribution is 2.31. The van der Waals surface area contributed by atoms with Crippen molar-refractivity contribution < 1.29 is 0 Å². The van der Waals surface area contributed by atoms with Gasteiger partial charge in [0.15, 0.2) is 0 Å². The Morgan fingerprint density at radius 3 is 2.41 bits per heavy atom. The van der Waals surface area contributed by atoms with E-state index in [0.29, 0.717) is 6.04 Å². The first-order chi connectivity index (χ1) is 8.11. The third-order valence-corrected chi connectivity index (χ3v) is 4.22. The summed E-state index contributed by atoms with van der Waals surface area (Å²) >= 11 is 1.89. The summed E-state index contributed by atoms with van der Waals surface area (Å²) in [6.45, 7) is 6.51. The molecular formula is C15H19NS. The highest BCUT2D eigenvalue weighted by atomic mass is 32.1. The molecule has 1 aromatic carbocycles. The fourth-order valence-corrected chi connectivity index (χ4v) is 3.42. The highest BCUT2D eigenvalue weighted by Gasteiger charge is 2.16. The molecule has 2 aromatic rings. The number of nitrogens with one attached hydrogen (secondary N) is 1. The Morgan fingerprint density at radius 1 is 1.12 bits per heavy atom. The zero-order chi connectivity index (χ0) is 12.4. The first-order valence-electron chi connectivity index (χ1n) is 5.92. The molecule has 1 aromatic heterocycles. The van der Waals surface area contributed by atoms with E-state index in [9.17, 15) is 0 Å². The zero-order valence-corrected chi connectivity index (χ0v) is 11.7. The monoisotopic (exact) mass is 245 g/mol. The van der Waals surface area contributed by atoms with Gasteiger partial charge in [-0.2, -0.15) is 0 Å². The van der Waals surface area contributed by atoms with Crippen molar-refractivity contribution in [3.8, 4) is 0 Å². The van der Waals surface area contributed by atoms with Gasteiger partial charge in [-0.1, -0.05) is 29.8 Å². The van der Waals surface area contributed by atoms with Crippen molar-refractivity contribution in [1.82, 2.24) is 5.32 Å². The van der Waals surface area contributed by atoms with Crippen LogP contribution in [0.4, 0.5) is 0 Å². The van der Waals surface area contributed by atoms with Crippen LogP contribution >= 0.6 is 11.3 Å². The molecular weight excluding hydrogens is 226 g/mol. The lowest BCUT2D eigenvalue weighted by molar-refractivity contribution is 0.700. The molecule has 1 atom stereocenters. The average Bonchev–Trinajstić information content (AvgIpc) is 2.59. The van der Waals surface area contributed by atoms with E-state index >= 15 is 0 Å². The van der Waals surface area contributed by atoms with Crippen LogP contribution < -0.4 is 5.32 Å². The Bertz CT molecular complexity index is 513. The normalized spacial score (nSPS) is 12.7. The molecule has 90 valence electrons. The van der Waals surface area contributed by atoms with E-state index in [1.807, 2.05) is 18.4 Å². The van der Waals surface area contributed by atoms with E-state index < -0.39 is 0 Å². The molecule has 0 aliphatic heterocycles. The van der Waals surface area contributed by atoms with Gasteiger partial charge < -0.3 is 5.32 Å². The van der Waals surface area contributed by atoms with Gasteiger partial charge in [0.25, 0.3) is 0 Å². The van der Waals surface area contributed by atoms with Crippen LogP contribution in [0, 0.1) is 20.8 Å². The number of rotatable bonds is 3. The van der Waals surface area contributed by atoms with Crippen LogP contribution in [-0.4, -0.2) is 7.05 Å². The summed E-state index contributed by atoms with van der Waals surface area (Å²) in [5, 5.41) is 3.43. The van der Waals surface area contributed by atoms with Crippen LogP contribution in [0.15, 0.2) is 30.3 Å². The molecule has 0 saturated heterocycles. The van der Waals surface area contributed by atoms with Crippen LogP contribution in [0.5, 0.6) is 0 Å². The first-order valence-corrected chi connectivity index (χ1v) is 6.74. The minimum atomic E-state index is 0.314. The SMILES string of the molecule is CNC(c1cccc(C)c1)c1sc(C)cc1C. The molecule has 2 rings (SSSR count). The molecule has 0 saturated carbocycles. The van der Waals surface area contributed by atoms with Crippen molar-refractivity contribution in [1.29, 1.82) is 0 Å². The predicted octanol–water partition coefficient (Wildman–Crippen LogP) is 3.98. The fourth-order valence-electron chi connectivity index (χ4n) is 2.24. The molecule has 17 heavy (non-hydrogen) atoms. The maximum atomic E-state index is 3.43. The van der Waals surface area contributed by atoms with Crippen molar-refractivity contribution in [2.24, 2.45) is 0 Å². The van der Waals surface area contributed by atoms with Gasteiger partial charge in [-0.3, -0.25) is 0 Å². The van der Waals surface area contributed by atoms with Crippen LogP contribution in [0.2, 0.25) is 0 Å². The third-order valence-electron chi connectivity index (χ3n) is 3.01. The molecule has 1 heterocycles. The van der Waals surface area contributed by atoms with E-state index in [1.54, 1.807) is 0 Å². The van der Waals surface area contributed by atoms with Gasteiger partial charge >= 0.3 is 0 Å². The molecule has 0 bridgehead atoms. The molecule has 1 N–H and O–H groups in total. The Morgan fingerprint density at radius 2 is 1.88 bits per heavy atom. The quantitative estimate of drug-likeness (QED) is 0.862. The second-order valence-electron chi connectivity index (χ2n) is 4.54. The van der Waals surface area contributed by atoms with E-state index in [1.165, 1.54) is 26.4 Å². The summed E-state index contributed by atoms with van der Waals surface area (Å²) in [6.07, 6.45) is 0. The van der Waals surface area contributed by atoms with Gasteiger partial charge in [0.1, 0.15) is 0 Å². The zero-order valence-electron chi connectivity index (χ0n) is 10.9. The van der Waals surface area contributed by atoms with E-state index in [2.05, 4.69) is 56.4 Å². The molecule has 1 unspecified atom stereocenters. The van der Waals surface area contributed by atoms with Crippen LogP contribution in [-0.2, 0) is 0 Å². The van der Waals surface area contributed by atoms with E-state index in [4.69, 9.17) is 0 Å². The van der Waals surface area contributed by atoms with Gasteiger partial charge in [-0.25, -0.2) is 0 Å². The second kappa shape index (κ2) is 5.03. The third kappa shape index (κ3) is 2.59. The minimum Gasteiger partial charge on any atom is -0.309 e. The Labute approximate surface area is 108 Å². The van der Waals surface area contributed by atoms with Crippen LogP contribution in [0.1, 0.15) is 32.5 Å². The molecule has 0 radical (unpaired) electrons. The number of aryl methyl sites for hydroxylation is 3.